The predicted molar refractivity (Wildman–Crippen MR) is 93.6 cm³/mol. The normalized spacial score (nSPS) is 13.7. The van der Waals surface area contributed by atoms with Crippen LogP contribution in [0.1, 0.15) is 35.6 Å². The van der Waals surface area contributed by atoms with Crippen LogP contribution in [0.3, 0.4) is 0 Å². The summed E-state index contributed by atoms with van der Waals surface area (Å²) in [6.07, 6.45) is 0.903. The van der Waals surface area contributed by atoms with Crippen LogP contribution in [0.15, 0.2) is 42.5 Å². The fourth-order valence-electron chi connectivity index (χ4n) is 2.98. The van der Waals surface area contributed by atoms with Crippen molar-refractivity contribution < 1.29 is 4.74 Å². The van der Waals surface area contributed by atoms with Gasteiger partial charge in [-0.2, -0.15) is 0 Å². The summed E-state index contributed by atoms with van der Waals surface area (Å²) in [6, 6.07) is 14.8. The Hall–Kier alpha value is -1.80. The van der Waals surface area contributed by atoms with Crippen LogP contribution in [0.2, 0.25) is 0 Å². The van der Waals surface area contributed by atoms with Crippen LogP contribution in [-0.2, 0) is 5.41 Å². The Bertz CT molecular complexity index is 598. The van der Waals surface area contributed by atoms with E-state index >= 15 is 0 Å². The number of aryl methyl sites for hydroxylation is 3. The van der Waals surface area contributed by atoms with Gasteiger partial charge >= 0.3 is 0 Å². The lowest BCUT2D eigenvalue weighted by molar-refractivity contribution is 0.264. The third kappa shape index (κ3) is 3.69. The summed E-state index contributed by atoms with van der Waals surface area (Å²) in [7, 11) is 0. The highest BCUT2D eigenvalue weighted by molar-refractivity contribution is 5.43. The minimum absolute atomic E-state index is 0.0479. The van der Waals surface area contributed by atoms with Crippen LogP contribution in [0.4, 0.5) is 0 Å². The van der Waals surface area contributed by atoms with E-state index in [9.17, 15) is 0 Å². The van der Waals surface area contributed by atoms with Gasteiger partial charge in [0, 0.05) is 12.0 Å². The van der Waals surface area contributed by atoms with E-state index in [1.165, 1.54) is 22.3 Å². The third-order valence-electron chi connectivity index (χ3n) is 4.43. The summed E-state index contributed by atoms with van der Waals surface area (Å²) in [5, 5.41) is 0. The molecule has 0 aliphatic carbocycles. The zero-order valence-corrected chi connectivity index (χ0v) is 14.1. The van der Waals surface area contributed by atoms with Crippen molar-refractivity contribution in [3.05, 3.63) is 64.7 Å². The summed E-state index contributed by atoms with van der Waals surface area (Å²) in [5.41, 5.74) is 10.9. The number of nitrogens with two attached hydrogens (primary N) is 1. The van der Waals surface area contributed by atoms with Crippen LogP contribution in [0.5, 0.6) is 5.75 Å². The van der Waals surface area contributed by atoms with Gasteiger partial charge in [0.25, 0.3) is 0 Å². The van der Waals surface area contributed by atoms with Gasteiger partial charge in [0.15, 0.2) is 0 Å². The molecule has 0 radical (unpaired) electrons. The molecule has 2 nitrogen and oxygen atoms in total. The number of benzene rings is 2. The summed E-state index contributed by atoms with van der Waals surface area (Å²) in [5.74, 6) is 1.01. The van der Waals surface area contributed by atoms with Gasteiger partial charge in [-0.15, -0.1) is 0 Å². The highest BCUT2D eigenvalue weighted by Crippen LogP contribution is 2.29. The van der Waals surface area contributed by atoms with Crippen LogP contribution in [0.25, 0.3) is 0 Å². The third-order valence-corrected chi connectivity index (χ3v) is 4.43. The first kappa shape index (κ1) is 16.6. The van der Waals surface area contributed by atoms with Gasteiger partial charge in [0.1, 0.15) is 5.75 Å². The van der Waals surface area contributed by atoms with Crippen LogP contribution in [0, 0.1) is 20.8 Å². The van der Waals surface area contributed by atoms with Gasteiger partial charge in [-0.05, 0) is 43.9 Å². The quantitative estimate of drug-likeness (QED) is 0.863. The standard InChI is InChI=1S/C20H27NO/c1-15-12-16(2)19(17(3)13-15)22-11-10-20(4,14-21)18-8-6-5-7-9-18/h5-9,12-13H,10-11,14,21H2,1-4H3. The molecule has 0 aliphatic rings. The second kappa shape index (κ2) is 6.97. The molecule has 0 aliphatic heterocycles. The maximum Gasteiger partial charge on any atom is 0.125 e. The molecule has 0 fully saturated rings. The highest BCUT2D eigenvalue weighted by Gasteiger charge is 2.24. The van der Waals surface area contributed by atoms with Crippen molar-refractivity contribution in [2.45, 2.75) is 39.5 Å². The van der Waals surface area contributed by atoms with E-state index in [-0.39, 0.29) is 5.41 Å². The molecule has 0 amide bonds. The van der Waals surface area contributed by atoms with E-state index in [0.717, 1.165) is 12.2 Å². The average molecular weight is 297 g/mol. The van der Waals surface area contributed by atoms with E-state index in [0.29, 0.717) is 13.2 Å². The molecule has 2 aromatic rings. The summed E-state index contributed by atoms with van der Waals surface area (Å²) in [6.45, 7) is 9.83. The van der Waals surface area contributed by atoms with E-state index in [1.807, 2.05) is 6.07 Å². The van der Waals surface area contributed by atoms with Crippen molar-refractivity contribution in [2.75, 3.05) is 13.2 Å². The molecule has 118 valence electrons. The van der Waals surface area contributed by atoms with E-state index in [1.54, 1.807) is 0 Å². The molecule has 0 spiro atoms. The maximum absolute atomic E-state index is 6.09. The topological polar surface area (TPSA) is 35.2 Å². The summed E-state index contributed by atoms with van der Waals surface area (Å²) in [4.78, 5) is 0. The summed E-state index contributed by atoms with van der Waals surface area (Å²) >= 11 is 0. The molecule has 22 heavy (non-hydrogen) atoms. The lowest BCUT2D eigenvalue weighted by Crippen LogP contribution is -2.33. The number of ether oxygens (including phenoxy) is 1. The number of hydrogen-bond donors (Lipinski definition) is 1. The van der Waals surface area contributed by atoms with E-state index < -0.39 is 0 Å². The van der Waals surface area contributed by atoms with E-state index in [2.05, 4.69) is 64.1 Å². The molecule has 0 aromatic heterocycles. The van der Waals surface area contributed by atoms with Crippen molar-refractivity contribution in [2.24, 2.45) is 5.73 Å². The molecule has 2 rings (SSSR count). The molecule has 2 N–H and O–H groups in total. The molecule has 2 heteroatoms. The Kier molecular flexibility index (Phi) is 5.25. The lowest BCUT2D eigenvalue weighted by Gasteiger charge is -2.29. The van der Waals surface area contributed by atoms with Crippen LogP contribution in [-0.4, -0.2) is 13.2 Å². The Morgan fingerprint density at radius 3 is 2.14 bits per heavy atom. The second-order valence-corrected chi connectivity index (χ2v) is 6.46. The molecule has 0 heterocycles. The Morgan fingerprint density at radius 2 is 1.59 bits per heavy atom. The minimum atomic E-state index is -0.0479. The van der Waals surface area contributed by atoms with Gasteiger partial charge in [0.2, 0.25) is 0 Å². The van der Waals surface area contributed by atoms with Crippen molar-refractivity contribution in [1.82, 2.24) is 0 Å². The van der Waals surface area contributed by atoms with Crippen LogP contribution < -0.4 is 10.5 Å². The SMILES string of the molecule is Cc1cc(C)c(OCCC(C)(CN)c2ccccc2)c(C)c1. The van der Waals surface area contributed by atoms with Gasteiger partial charge < -0.3 is 10.5 Å². The van der Waals surface area contributed by atoms with Gasteiger partial charge in [0.05, 0.1) is 6.61 Å². The van der Waals surface area contributed by atoms with Gasteiger partial charge in [-0.3, -0.25) is 0 Å². The fraction of sp³-hybridized carbons (Fsp3) is 0.400. The Morgan fingerprint density at radius 1 is 1.00 bits per heavy atom. The fourth-order valence-corrected chi connectivity index (χ4v) is 2.98. The molecule has 1 unspecified atom stereocenters. The van der Waals surface area contributed by atoms with Crippen molar-refractivity contribution >= 4 is 0 Å². The smallest absolute Gasteiger partial charge is 0.125 e. The molecular formula is C20H27NO. The minimum Gasteiger partial charge on any atom is -0.493 e. The first-order valence-corrected chi connectivity index (χ1v) is 7.92. The first-order chi connectivity index (χ1) is 10.5. The number of hydrogen-bond acceptors (Lipinski definition) is 2. The largest absolute Gasteiger partial charge is 0.493 e. The van der Waals surface area contributed by atoms with Crippen molar-refractivity contribution in [3.8, 4) is 5.75 Å². The van der Waals surface area contributed by atoms with Crippen molar-refractivity contribution in [3.63, 3.8) is 0 Å². The molecule has 0 saturated carbocycles. The average Bonchev–Trinajstić information content (AvgIpc) is 2.50. The predicted octanol–water partition coefficient (Wildman–Crippen LogP) is 4.30. The first-order valence-electron chi connectivity index (χ1n) is 7.92. The molecule has 1 atom stereocenters. The Labute approximate surface area is 134 Å². The maximum atomic E-state index is 6.09. The second-order valence-electron chi connectivity index (χ2n) is 6.46. The number of rotatable bonds is 6. The zero-order valence-electron chi connectivity index (χ0n) is 14.1. The zero-order chi connectivity index (χ0) is 16.2. The van der Waals surface area contributed by atoms with Crippen molar-refractivity contribution in [1.29, 1.82) is 0 Å². The Balaban J connectivity index is 2.07. The lowest BCUT2D eigenvalue weighted by atomic mass is 9.80. The molecule has 2 aromatic carbocycles. The molecule has 0 bridgehead atoms. The summed E-state index contributed by atoms with van der Waals surface area (Å²) < 4.78 is 6.09. The van der Waals surface area contributed by atoms with Gasteiger partial charge in [-0.25, -0.2) is 0 Å². The monoisotopic (exact) mass is 297 g/mol. The molecule has 0 saturated heterocycles. The van der Waals surface area contributed by atoms with Gasteiger partial charge in [-0.1, -0.05) is 55.0 Å². The van der Waals surface area contributed by atoms with E-state index in [4.69, 9.17) is 10.5 Å². The van der Waals surface area contributed by atoms with Crippen LogP contribution >= 0.6 is 0 Å². The highest BCUT2D eigenvalue weighted by atomic mass is 16.5. The molecular weight excluding hydrogens is 270 g/mol.